The first-order valence-electron chi connectivity index (χ1n) is 17.3. The lowest BCUT2D eigenvalue weighted by atomic mass is 9.72. The predicted molar refractivity (Wildman–Crippen MR) is 200 cm³/mol. The van der Waals surface area contributed by atoms with Crippen molar-refractivity contribution in [3.05, 3.63) is 105 Å². The van der Waals surface area contributed by atoms with E-state index in [1.54, 1.807) is 35.2 Å². The van der Waals surface area contributed by atoms with Crippen molar-refractivity contribution in [2.24, 2.45) is 17.8 Å². The quantitative estimate of drug-likeness (QED) is 0.164. The van der Waals surface area contributed by atoms with Gasteiger partial charge in [0.1, 0.15) is 18.1 Å². The fourth-order valence-electron chi connectivity index (χ4n) is 8.83. The molecule has 0 bridgehead atoms. The SMILES string of the molecule is C=CCOC(=O)C1C(C(=O)N(CC2CCCC2)c2cc(Cl)cc(Cl)c2)C2C[C@](C)(OCc3ccccc3)CN2[C@]12C(=O)Nc1c(Cl)cc(Cl)cc12. The Morgan fingerprint density at radius 1 is 1.02 bits per heavy atom. The van der Waals surface area contributed by atoms with E-state index in [4.69, 9.17) is 55.9 Å². The average molecular weight is 772 g/mol. The van der Waals surface area contributed by atoms with Gasteiger partial charge in [0.25, 0.3) is 5.91 Å². The normalized spacial score (nSPS) is 27.0. The van der Waals surface area contributed by atoms with Crippen LogP contribution in [0.1, 0.15) is 50.2 Å². The molecular formula is C39H39Cl4N3O5. The number of nitrogens with zero attached hydrogens (tertiary/aromatic N) is 2. The van der Waals surface area contributed by atoms with Crippen molar-refractivity contribution in [3.8, 4) is 0 Å². The van der Waals surface area contributed by atoms with E-state index >= 15 is 4.79 Å². The average Bonchev–Trinajstić information content (AvgIpc) is 3.85. The summed E-state index contributed by atoms with van der Waals surface area (Å²) in [5, 5.41) is 4.23. The van der Waals surface area contributed by atoms with Crippen molar-refractivity contribution in [3.63, 3.8) is 0 Å². The standard InChI is InChI=1S/C39H39Cl4N3O5/c1-3-13-50-36(48)33-32(35(47)45(20-23-9-7-8-10-23)28-15-25(40)14-26(41)16-28)31-19-38(2,51-21-24-11-5-4-6-12-24)22-46(31)39(33)29-17-27(42)18-30(43)34(29)44-37(39)49/h3-6,11-12,14-18,23,31-33H,1,7-10,13,19-22H2,2H3,(H,44,49)/t31?,32?,33?,38-,39-/m0/s1. The van der Waals surface area contributed by atoms with E-state index in [1.807, 2.05) is 42.2 Å². The van der Waals surface area contributed by atoms with Crippen LogP contribution in [0.2, 0.25) is 20.1 Å². The molecule has 2 saturated heterocycles. The second-order valence-electron chi connectivity index (χ2n) is 14.3. The molecule has 1 N–H and O–H groups in total. The first-order chi connectivity index (χ1) is 24.4. The first-order valence-corrected chi connectivity index (χ1v) is 18.8. The fourth-order valence-corrected chi connectivity index (χ4v) is 9.88. The number of ether oxygens (including phenoxy) is 2. The summed E-state index contributed by atoms with van der Waals surface area (Å²) in [5.41, 5.74) is -0.204. The second kappa shape index (κ2) is 14.4. The Bertz CT molecular complexity index is 1850. The number of hydrogen-bond donors (Lipinski definition) is 1. The molecule has 3 aromatic carbocycles. The number of benzene rings is 3. The van der Waals surface area contributed by atoms with Gasteiger partial charge in [0, 0.05) is 45.5 Å². The second-order valence-corrected chi connectivity index (χ2v) is 16.0. The molecule has 3 heterocycles. The maximum absolute atomic E-state index is 15.5. The number of amides is 2. The van der Waals surface area contributed by atoms with Gasteiger partial charge in [-0.3, -0.25) is 19.3 Å². The Hall–Kier alpha value is -3.11. The van der Waals surface area contributed by atoms with Crippen LogP contribution in [0.3, 0.4) is 0 Å². The van der Waals surface area contributed by atoms with E-state index < -0.39 is 40.9 Å². The number of halogens is 4. The van der Waals surface area contributed by atoms with Gasteiger partial charge in [0.15, 0.2) is 0 Å². The molecule has 5 atom stereocenters. The van der Waals surface area contributed by atoms with Crippen LogP contribution in [0.15, 0.2) is 73.3 Å². The largest absolute Gasteiger partial charge is 0.461 e. The molecule has 3 aliphatic heterocycles. The van der Waals surface area contributed by atoms with E-state index in [1.165, 1.54) is 6.08 Å². The molecule has 8 nitrogen and oxygen atoms in total. The highest BCUT2D eigenvalue weighted by molar-refractivity contribution is 6.38. The molecule has 4 aliphatic rings. The third-order valence-corrected chi connectivity index (χ3v) is 11.9. The summed E-state index contributed by atoms with van der Waals surface area (Å²) in [6, 6.07) is 17.5. The Balaban J connectivity index is 1.40. The van der Waals surface area contributed by atoms with Gasteiger partial charge in [-0.05, 0) is 68.0 Å². The summed E-state index contributed by atoms with van der Waals surface area (Å²) in [7, 11) is 0. The topological polar surface area (TPSA) is 88.2 Å². The number of nitrogens with one attached hydrogen (secondary N) is 1. The number of anilines is 2. The zero-order valence-electron chi connectivity index (χ0n) is 28.2. The summed E-state index contributed by atoms with van der Waals surface area (Å²) in [6.45, 7) is 6.57. The van der Waals surface area contributed by atoms with Gasteiger partial charge < -0.3 is 19.7 Å². The van der Waals surface area contributed by atoms with Crippen molar-refractivity contribution in [2.45, 2.75) is 62.8 Å². The van der Waals surface area contributed by atoms with Crippen molar-refractivity contribution >= 4 is 75.6 Å². The van der Waals surface area contributed by atoms with Gasteiger partial charge in [0.2, 0.25) is 5.91 Å². The molecular weight excluding hydrogens is 732 g/mol. The lowest BCUT2D eigenvalue weighted by Crippen LogP contribution is -2.55. The van der Waals surface area contributed by atoms with Crippen LogP contribution in [0, 0.1) is 17.8 Å². The Morgan fingerprint density at radius 3 is 2.39 bits per heavy atom. The maximum atomic E-state index is 15.5. The van der Waals surface area contributed by atoms with Crippen molar-refractivity contribution in [1.29, 1.82) is 0 Å². The third-order valence-electron chi connectivity index (χ3n) is 10.9. The van der Waals surface area contributed by atoms with Gasteiger partial charge in [-0.15, -0.1) is 0 Å². The first kappa shape index (κ1) is 36.3. The highest BCUT2D eigenvalue weighted by Gasteiger charge is 2.74. The maximum Gasteiger partial charge on any atom is 0.312 e. The van der Waals surface area contributed by atoms with E-state index in [2.05, 4.69) is 11.9 Å². The van der Waals surface area contributed by atoms with Crippen LogP contribution in [0.5, 0.6) is 0 Å². The number of carbonyl (C=O) groups is 3. The highest BCUT2D eigenvalue weighted by Crippen LogP contribution is 2.61. The van der Waals surface area contributed by atoms with Crippen molar-refractivity contribution in [2.75, 3.05) is 29.9 Å². The monoisotopic (exact) mass is 769 g/mol. The number of hydrogen-bond acceptors (Lipinski definition) is 6. The number of esters is 1. The molecule has 1 saturated carbocycles. The van der Waals surface area contributed by atoms with Crippen LogP contribution in [-0.2, 0) is 36.0 Å². The summed E-state index contributed by atoms with van der Waals surface area (Å²) in [4.78, 5) is 48.5. The molecule has 1 aliphatic carbocycles. The van der Waals surface area contributed by atoms with Gasteiger partial charge >= 0.3 is 5.97 Å². The summed E-state index contributed by atoms with van der Waals surface area (Å²) in [5.74, 6) is -3.58. The van der Waals surface area contributed by atoms with Crippen LogP contribution >= 0.6 is 46.4 Å². The van der Waals surface area contributed by atoms with Crippen molar-refractivity contribution < 1.29 is 23.9 Å². The minimum Gasteiger partial charge on any atom is -0.461 e. The zero-order chi connectivity index (χ0) is 36.1. The molecule has 268 valence electrons. The fraction of sp³-hybridized carbons (Fsp3) is 0.410. The molecule has 7 rings (SSSR count). The van der Waals surface area contributed by atoms with E-state index in [0.29, 0.717) is 46.6 Å². The Labute approximate surface area is 317 Å². The smallest absolute Gasteiger partial charge is 0.312 e. The number of rotatable bonds is 10. The van der Waals surface area contributed by atoms with Crippen LogP contribution in [-0.4, -0.2) is 54.0 Å². The van der Waals surface area contributed by atoms with Crippen LogP contribution in [0.25, 0.3) is 0 Å². The molecule has 0 aromatic heterocycles. The molecule has 12 heteroatoms. The minimum atomic E-state index is -1.69. The number of fused-ring (bicyclic) bond motifs is 4. The molecule has 1 spiro atoms. The summed E-state index contributed by atoms with van der Waals surface area (Å²) >= 11 is 26.4. The lowest BCUT2D eigenvalue weighted by Gasteiger charge is -2.38. The van der Waals surface area contributed by atoms with Crippen LogP contribution in [0.4, 0.5) is 11.4 Å². The molecule has 0 radical (unpaired) electrons. The van der Waals surface area contributed by atoms with Gasteiger partial charge in [-0.2, -0.15) is 0 Å². The molecule has 2 amide bonds. The molecule has 3 aromatic rings. The van der Waals surface area contributed by atoms with Gasteiger partial charge in [0.05, 0.1) is 28.8 Å². The molecule has 3 unspecified atom stereocenters. The molecule has 51 heavy (non-hydrogen) atoms. The summed E-state index contributed by atoms with van der Waals surface area (Å²) in [6.07, 6.45) is 5.88. The Morgan fingerprint density at radius 2 is 1.71 bits per heavy atom. The van der Waals surface area contributed by atoms with Crippen LogP contribution < -0.4 is 10.2 Å². The van der Waals surface area contributed by atoms with Crippen molar-refractivity contribution in [1.82, 2.24) is 4.90 Å². The Kier molecular flexibility index (Phi) is 10.2. The van der Waals surface area contributed by atoms with Gasteiger partial charge in [-0.25, -0.2) is 0 Å². The lowest BCUT2D eigenvalue weighted by molar-refractivity contribution is -0.158. The van der Waals surface area contributed by atoms with E-state index in [-0.39, 0.29) is 35.0 Å². The zero-order valence-corrected chi connectivity index (χ0v) is 31.2. The van der Waals surface area contributed by atoms with E-state index in [0.717, 1.165) is 31.2 Å². The molecule has 3 fully saturated rings. The highest BCUT2D eigenvalue weighted by atomic mass is 35.5. The number of carbonyl (C=O) groups excluding carboxylic acids is 3. The summed E-state index contributed by atoms with van der Waals surface area (Å²) < 4.78 is 12.4. The minimum absolute atomic E-state index is 0.102. The predicted octanol–water partition coefficient (Wildman–Crippen LogP) is 8.70. The van der Waals surface area contributed by atoms with E-state index in [9.17, 15) is 9.59 Å². The third kappa shape index (κ3) is 6.57. The van der Waals surface area contributed by atoms with Gasteiger partial charge in [-0.1, -0.05) is 102 Å².